The van der Waals surface area contributed by atoms with Gasteiger partial charge in [-0.2, -0.15) is 0 Å². The fourth-order valence-corrected chi connectivity index (χ4v) is 4.25. The van der Waals surface area contributed by atoms with Crippen LogP contribution in [0.15, 0.2) is 72.9 Å². The third kappa shape index (κ3) is 2.13. The highest BCUT2D eigenvalue weighted by Crippen LogP contribution is 2.49. The number of hydrogen-bond donors (Lipinski definition) is 0. The highest BCUT2D eigenvalue weighted by atomic mass is 14.7. The van der Waals surface area contributed by atoms with Gasteiger partial charge in [-0.1, -0.05) is 74.0 Å². The van der Waals surface area contributed by atoms with E-state index in [2.05, 4.69) is 87.5 Å². The minimum Gasteiger partial charge on any atom is -0.256 e. The maximum atomic E-state index is 4.71. The lowest BCUT2D eigenvalue weighted by Gasteiger charge is -2.22. The van der Waals surface area contributed by atoms with E-state index < -0.39 is 0 Å². The van der Waals surface area contributed by atoms with Crippen molar-refractivity contribution >= 4 is 10.8 Å². The highest BCUT2D eigenvalue weighted by Gasteiger charge is 2.35. The van der Waals surface area contributed by atoms with Gasteiger partial charge in [0.2, 0.25) is 0 Å². The second-order valence-corrected chi connectivity index (χ2v) is 7.85. The number of benzene rings is 3. The molecule has 0 amide bonds. The smallest absolute Gasteiger partial charge is 0.0708 e. The molecule has 0 saturated heterocycles. The van der Waals surface area contributed by atoms with E-state index in [0.717, 1.165) is 5.69 Å². The maximum Gasteiger partial charge on any atom is 0.0708 e. The molecule has 1 aliphatic carbocycles. The van der Waals surface area contributed by atoms with Crippen LogP contribution in [0.25, 0.3) is 33.2 Å². The van der Waals surface area contributed by atoms with Crippen molar-refractivity contribution in [3.63, 3.8) is 0 Å². The number of rotatable bonds is 1. The summed E-state index contributed by atoms with van der Waals surface area (Å²) in [4.78, 5) is 4.71. The first-order valence-electron chi connectivity index (χ1n) is 9.15. The molecule has 26 heavy (non-hydrogen) atoms. The summed E-state index contributed by atoms with van der Waals surface area (Å²) in [7, 11) is 0. The van der Waals surface area contributed by atoms with Crippen LogP contribution in [0.5, 0.6) is 0 Å². The van der Waals surface area contributed by atoms with Crippen molar-refractivity contribution in [1.82, 2.24) is 4.98 Å². The molecular formula is C25H21N. The molecule has 4 aromatic rings. The Morgan fingerprint density at radius 3 is 2.23 bits per heavy atom. The summed E-state index contributed by atoms with van der Waals surface area (Å²) < 4.78 is 0. The molecule has 0 aliphatic heterocycles. The molecule has 1 aromatic heterocycles. The first-order valence-corrected chi connectivity index (χ1v) is 9.15. The molecule has 0 bridgehead atoms. The van der Waals surface area contributed by atoms with Crippen LogP contribution in [0.4, 0.5) is 0 Å². The quantitative estimate of drug-likeness (QED) is 0.386. The average Bonchev–Trinajstić information content (AvgIpc) is 2.88. The molecule has 0 saturated carbocycles. The van der Waals surface area contributed by atoms with Crippen molar-refractivity contribution in [3.05, 3.63) is 89.6 Å². The molecule has 0 fully saturated rings. The molecule has 0 spiro atoms. The molecule has 1 aliphatic rings. The van der Waals surface area contributed by atoms with Gasteiger partial charge in [0.1, 0.15) is 0 Å². The lowest BCUT2D eigenvalue weighted by atomic mass is 9.81. The first-order chi connectivity index (χ1) is 12.5. The van der Waals surface area contributed by atoms with E-state index >= 15 is 0 Å². The predicted molar refractivity (Wildman–Crippen MR) is 109 cm³/mol. The minimum atomic E-state index is 0.0174. The van der Waals surface area contributed by atoms with Crippen molar-refractivity contribution in [2.75, 3.05) is 0 Å². The van der Waals surface area contributed by atoms with Crippen LogP contribution >= 0.6 is 0 Å². The van der Waals surface area contributed by atoms with Gasteiger partial charge in [0.05, 0.1) is 5.69 Å². The summed E-state index contributed by atoms with van der Waals surface area (Å²) in [6.45, 7) is 6.83. The average molecular weight is 335 g/mol. The summed E-state index contributed by atoms with van der Waals surface area (Å²) >= 11 is 0. The van der Waals surface area contributed by atoms with Gasteiger partial charge in [-0.05, 0) is 46.7 Å². The zero-order valence-corrected chi connectivity index (χ0v) is 15.4. The molecule has 3 aromatic carbocycles. The van der Waals surface area contributed by atoms with Crippen LogP contribution in [-0.4, -0.2) is 4.98 Å². The predicted octanol–water partition coefficient (Wildman–Crippen LogP) is 6.52. The van der Waals surface area contributed by atoms with E-state index in [1.807, 2.05) is 6.20 Å². The summed E-state index contributed by atoms with van der Waals surface area (Å²) in [5.41, 5.74) is 9.11. The van der Waals surface area contributed by atoms with Gasteiger partial charge in [0.15, 0.2) is 0 Å². The van der Waals surface area contributed by atoms with Crippen molar-refractivity contribution in [1.29, 1.82) is 0 Å². The van der Waals surface area contributed by atoms with Crippen molar-refractivity contribution in [2.45, 2.75) is 26.2 Å². The number of nitrogens with zero attached hydrogens (tertiary/aromatic N) is 1. The third-order valence-corrected chi connectivity index (χ3v) is 5.76. The zero-order valence-electron chi connectivity index (χ0n) is 15.4. The van der Waals surface area contributed by atoms with Crippen LogP contribution in [-0.2, 0) is 5.41 Å². The van der Waals surface area contributed by atoms with Gasteiger partial charge < -0.3 is 0 Å². The van der Waals surface area contributed by atoms with E-state index in [0.29, 0.717) is 0 Å². The van der Waals surface area contributed by atoms with Crippen molar-refractivity contribution in [3.8, 4) is 22.4 Å². The van der Waals surface area contributed by atoms with Crippen LogP contribution < -0.4 is 0 Å². The molecular weight excluding hydrogens is 314 g/mol. The Kier molecular flexibility index (Phi) is 3.12. The molecule has 1 heteroatoms. The largest absolute Gasteiger partial charge is 0.256 e. The Labute approximate surface area is 154 Å². The summed E-state index contributed by atoms with van der Waals surface area (Å²) in [6, 6.07) is 24.2. The van der Waals surface area contributed by atoms with Gasteiger partial charge in [0, 0.05) is 22.6 Å². The minimum absolute atomic E-state index is 0.0174. The zero-order chi connectivity index (χ0) is 17.9. The fraction of sp³-hybridized carbons (Fsp3) is 0.160. The Hall–Kier alpha value is -2.93. The third-order valence-electron chi connectivity index (χ3n) is 5.76. The van der Waals surface area contributed by atoms with E-state index in [1.54, 1.807) is 0 Å². The van der Waals surface area contributed by atoms with Crippen molar-refractivity contribution in [2.24, 2.45) is 0 Å². The first kappa shape index (κ1) is 15.3. The normalized spacial score (nSPS) is 14.3. The van der Waals surface area contributed by atoms with Gasteiger partial charge in [-0.15, -0.1) is 0 Å². The monoisotopic (exact) mass is 335 g/mol. The lowest BCUT2D eigenvalue weighted by Crippen LogP contribution is -2.15. The Morgan fingerprint density at radius 1 is 0.731 bits per heavy atom. The molecule has 0 N–H and O–H groups in total. The molecule has 1 heterocycles. The maximum absolute atomic E-state index is 4.71. The van der Waals surface area contributed by atoms with E-state index in [1.165, 1.54) is 44.2 Å². The van der Waals surface area contributed by atoms with Gasteiger partial charge in [-0.25, -0.2) is 0 Å². The second-order valence-electron chi connectivity index (χ2n) is 7.85. The molecule has 0 atom stereocenters. The summed E-state index contributed by atoms with van der Waals surface area (Å²) in [5.74, 6) is 0. The fourth-order valence-electron chi connectivity index (χ4n) is 4.25. The van der Waals surface area contributed by atoms with Crippen molar-refractivity contribution < 1.29 is 0 Å². The van der Waals surface area contributed by atoms with Crippen LogP contribution in [0.3, 0.4) is 0 Å². The van der Waals surface area contributed by atoms with Crippen LogP contribution in [0.2, 0.25) is 0 Å². The number of pyridine rings is 1. The molecule has 0 radical (unpaired) electrons. The topological polar surface area (TPSA) is 12.9 Å². The lowest BCUT2D eigenvalue weighted by molar-refractivity contribution is 0.660. The molecule has 0 unspecified atom stereocenters. The summed E-state index contributed by atoms with van der Waals surface area (Å²) in [5, 5.41) is 2.41. The molecule has 126 valence electrons. The number of aryl methyl sites for hydroxylation is 1. The SMILES string of the molecule is Cc1ccc2c(c1)C(C)(C)c1cc(-c3cc4ccccc4cn3)ccc1-2. The van der Waals surface area contributed by atoms with Gasteiger partial charge >= 0.3 is 0 Å². The Balaban J connectivity index is 1.69. The van der Waals surface area contributed by atoms with Gasteiger partial charge in [-0.3, -0.25) is 4.98 Å². The second kappa shape index (κ2) is 5.28. The number of aromatic nitrogens is 1. The van der Waals surface area contributed by atoms with Crippen LogP contribution in [0, 0.1) is 6.92 Å². The molecule has 5 rings (SSSR count). The Morgan fingerprint density at radius 2 is 1.42 bits per heavy atom. The van der Waals surface area contributed by atoms with E-state index in [9.17, 15) is 0 Å². The highest BCUT2D eigenvalue weighted by molar-refractivity contribution is 5.87. The standard InChI is InChI=1S/C25H21N/c1-16-8-10-20-21-11-9-18(13-23(21)25(2,3)22(20)12-16)24-14-17-6-4-5-7-19(17)15-26-24/h4-15H,1-3H3. The number of hydrogen-bond acceptors (Lipinski definition) is 1. The molecule has 1 nitrogen and oxygen atoms in total. The Bertz CT molecular complexity index is 1170. The van der Waals surface area contributed by atoms with E-state index in [4.69, 9.17) is 4.98 Å². The van der Waals surface area contributed by atoms with E-state index in [-0.39, 0.29) is 5.41 Å². The van der Waals surface area contributed by atoms with Gasteiger partial charge in [0.25, 0.3) is 0 Å². The number of fused-ring (bicyclic) bond motifs is 4. The van der Waals surface area contributed by atoms with Crippen LogP contribution in [0.1, 0.15) is 30.5 Å². The summed E-state index contributed by atoms with van der Waals surface area (Å²) in [6.07, 6.45) is 1.97.